The molecule has 5 heteroatoms. The van der Waals surface area contributed by atoms with Crippen molar-refractivity contribution in [3.63, 3.8) is 0 Å². The highest BCUT2D eigenvalue weighted by atomic mass is 16.3. The number of amides is 1. The maximum absolute atomic E-state index is 12.4. The third-order valence-electron chi connectivity index (χ3n) is 4.32. The Morgan fingerprint density at radius 1 is 1.48 bits per heavy atom. The number of rotatable bonds is 5. The van der Waals surface area contributed by atoms with E-state index in [0.29, 0.717) is 6.54 Å². The second kappa shape index (κ2) is 6.86. The maximum Gasteiger partial charge on any atom is 0.223 e. The van der Waals surface area contributed by atoms with Gasteiger partial charge in [-0.05, 0) is 51.3 Å². The van der Waals surface area contributed by atoms with Gasteiger partial charge in [-0.3, -0.25) is 9.48 Å². The normalized spacial score (nSPS) is 18.8. The van der Waals surface area contributed by atoms with Crippen molar-refractivity contribution in [2.45, 2.75) is 39.2 Å². The van der Waals surface area contributed by atoms with Crippen molar-refractivity contribution in [3.05, 3.63) is 53.8 Å². The van der Waals surface area contributed by atoms with Crippen LogP contribution in [0.25, 0.3) is 0 Å². The van der Waals surface area contributed by atoms with Crippen molar-refractivity contribution in [1.82, 2.24) is 15.1 Å². The lowest BCUT2D eigenvalue weighted by Crippen LogP contribution is -2.36. The second-order valence-electron chi connectivity index (χ2n) is 6.13. The quantitative estimate of drug-likeness (QED) is 0.863. The molecule has 5 nitrogen and oxygen atoms in total. The highest BCUT2D eigenvalue weighted by Gasteiger charge is 2.23. The van der Waals surface area contributed by atoms with Gasteiger partial charge in [-0.25, -0.2) is 0 Å². The third kappa shape index (κ3) is 3.55. The smallest absolute Gasteiger partial charge is 0.223 e. The van der Waals surface area contributed by atoms with Crippen LogP contribution in [0.3, 0.4) is 0 Å². The Kier molecular flexibility index (Phi) is 4.65. The van der Waals surface area contributed by atoms with Crippen molar-refractivity contribution in [1.29, 1.82) is 0 Å². The van der Waals surface area contributed by atoms with E-state index in [1.54, 1.807) is 6.26 Å². The van der Waals surface area contributed by atoms with Crippen LogP contribution in [0.4, 0.5) is 0 Å². The molecule has 0 saturated carbocycles. The first-order valence-corrected chi connectivity index (χ1v) is 8.14. The standard InChI is InChI=1S/C18H23N3O2/c1-13-11-14(2)21(20-13)16(17-9-6-10-23-17)12-19-18(22)15-7-4-3-5-8-15/h3-4,6,9-11,15-16H,5,7-8,12H2,1-2H3,(H,19,22). The number of hydrogen-bond donors (Lipinski definition) is 1. The number of aromatic nitrogens is 2. The summed E-state index contributed by atoms with van der Waals surface area (Å²) in [4.78, 5) is 12.4. The average molecular weight is 313 g/mol. The molecule has 2 aromatic heterocycles. The molecule has 2 unspecified atom stereocenters. The molecule has 23 heavy (non-hydrogen) atoms. The SMILES string of the molecule is Cc1cc(C)n(C(CNC(=O)C2CC=CCC2)c2ccco2)n1. The number of furan rings is 1. The predicted molar refractivity (Wildman–Crippen MR) is 88.0 cm³/mol. The van der Waals surface area contributed by atoms with E-state index >= 15 is 0 Å². The molecule has 1 N–H and O–H groups in total. The molecule has 0 fully saturated rings. The lowest BCUT2D eigenvalue weighted by atomic mass is 9.93. The molecule has 122 valence electrons. The summed E-state index contributed by atoms with van der Waals surface area (Å²) in [6, 6.07) is 5.70. The van der Waals surface area contributed by atoms with Gasteiger partial charge in [0.2, 0.25) is 5.91 Å². The Labute approximate surface area is 136 Å². The lowest BCUT2D eigenvalue weighted by molar-refractivity contribution is -0.125. The van der Waals surface area contributed by atoms with Gasteiger partial charge in [0.05, 0.1) is 12.0 Å². The molecule has 3 rings (SSSR count). The van der Waals surface area contributed by atoms with Gasteiger partial charge in [-0.1, -0.05) is 12.2 Å². The Morgan fingerprint density at radius 2 is 2.35 bits per heavy atom. The van der Waals surface area contributed by atoms with Gasteiger partial charge in [-0.2, -0.15) is 5.10 Å². The highest BCUT2D eigenvalue weighted by Crippen LogP contribution is 2.22. The fraction of sp³-hybridized carbons (Fsp3) is 0.444. The first kappa shape index (κ1) is 15.6. The van der Waals surface area contributed by atoms with E-state index < -0.39 is 0 Å². The summed E-state index contributed by atoms with van der Waals surface area (Å²) in [5, 5.41) is 7.63. The van der Waals surface area contributed by atoms with Crippen LogP contribution in [-0.4, -0.2) is 22.2 Å². The molecule has 1 aliphatic rings. The minimum atomic E-state index is -0.123. The van der Waals surface area contributed by atoms with Gasteiger partial charge >= 0.3 is 0 Å². The van der Waals surface area contributed by atoms with Gasteiger partial charge in [0, 0.05) is 18.2 Å². The highest BCUT2D eigenvalue weighted by molar-refractivity contribution is 5.79. The number of aryl methyl sites for hydroxylation is 2. The minimum Gasteiger partial charge on any atom is -0.467 e. The Balaban J connectivity index is 1.73. The molecule has 1 amide bonds. The summed E-state index contributed by atoms with van der Waals surface area (Å²) in [5.74, 6) is 1.00. The number of nitrogens with one attached hydrogen (secondary N) is 1. The minimum absolute atomic E-state index is 0.0812. The van der Waals surface area contributed by atoms with Crippen LogP contribution < -0.4 is 5.32 Å². The molecule has 1 aliphatic carbocycles. The molecule has 2 heterocycles. The molecule has 0 saturated heterocycles. The number of allylic oxidation sites excluding steroid dienone is 2. The largest absolute Gasteiger partial charge is 0.467 e. The van der Waals surface area contributed by atoms with Crippen molar-refractivity contribution in [3.8, 4) is 0 Å². The molecule has 0 aliphatic heterocycles. The molecule has 0 radical (unpaired) electrons. The van der Waals surface area contributed by atoms with E-state index in [0.717, 1.165) is 36.4 Å². The summed E-state index contributed by atoms with van der Waals surface area (Å²) in [7, 11) is 0. The summed E-state index contributed by atoms with van der Waals surface area (Å²) >= 11 is 0. The zero-order valence-corrected chi connectivity index (χ0v) is 13.7. The fourth-order valence-electron chi connectivity index (χ4n) is 3.12. The average Bonchev–Trinajstić information content (AvgIpc) is 3.19. The van der Waals surface area contributed by atoms with E-state index in [9.17, 15) is 4.79 Å². The van der Waals surface area contributed by atoms with Gasteiger partial charge < -0.3 is 9.73 Å². The van der Waals surface area contributed by atoms with E-state index in [-0.39, 0.29) is 17.9 Å². The first-order chi connectivity index (χ1) is 11.1. The Hall–Kier alpha value is -2.30. The van der Waals surface area contributed by atoms with E-state index in [4.69, 9.17) is 4.42 Å². The van der Waals surface area contributed by atoms with Crippen molar-refractivity contribution in [2.75, 3.05) is 6.54 Å². The molecule has 2 aromatic rings. The maximum atomic E-state index is 12.4. The molecule has 2 atom stereocenters. The van der Waals surface area contributed by atoms with Crippen LogP contribution in [0, 0.1) is 19.8 Å². The van der Waals surface area contributed by atoms with Gasteiger partial charge in [-0.15, -0.1) is 0 Å². The van der Waals surface area contributed by atoms with Crippen LogP contribution in [-0.2, 0) is 4.79 Å². The van der Waals surface area contributed by atoms with Crippen LogP contribution in [0.2, 0.25) is 0 Å². The van der Waals surface area contributed by atoms with Crippen molar-refractivity contribution in [2.24, 2.45) is 5.92 Å². The van der Waals surface area contributed by atoms with Crippen LogP contribution in [0.5, 0.6) is 0 Å². The van der Waals surface area contributed by atoms with Crippen molar-refractivity contribution >= 4 is 5.91 Å². The summed E-state index contributed by atoms with van der Waals surface area (Å²) < 4.78 is 7.49. The van der Waals surface area contributed by atoms with E-state index in [1.165, 1.54) is 0 Å². The first-order valence-electron chi connectivity index (χ1n) is 8.14. The van der Waals surface area contributed by atoms with Crippen LogP contribution in [0.1, 0.15) is 42.5 Å². The van der Waals surface area contributed by atoms with Gasteiger partial charge in [0.25, 0.3) is 0 Å². The molecule has 0 spiro atoms. The van der Waals surface area contributed by atoms with E-state index in [2.05, 4.69) is 22.6 Å². The molecule has 0 aromatic carbocycles. The Morgan fingerprint density at radius 3 is 2.96 bits per heavy atom. The molecule has 0 bridgehead atoms. The van der Waals surface area contributed by atoms with Gasteiger partial charge in [0.15, 0.2) is 0 Å². The third-order valence-corrected chi connectivity index (χ3v) is 4.32. The van der Waals surface area contributed by atoms with Crippen LogP contribution >= 0.6 is 0 Å². The molecular weight excluding hydrogens is 290 g/mol. The zero-order chi connectivity index (χ0) is 16.2. The fourth-order valence-corrected chi connectivity index (χ4v) is 3.12. The monoisotopic (exact) mass is 313 g/mol. The van der Waals surface area contributed by atoms with E-state index in [1.807, 2.05) is 36.7 Å². The second-order valence-corrected chi connectivity index (χ2v) is 6.13. The van der Waals surface area contributed by atoms with Crippen LogP contribution in [0.15, 0.2) is 41.0 Å². The number of nitrogens with zero attached hydrogens (tertiary/aromatic N) is 2. The lowest BCUT2D eigenvalue weighted by Gasteiger charge is -2.21. The number of carbonyl (C=O) groups is 1. The zero-order valence-electron chi connectivity index (χ0n) is 13.7. The number of carbonyl (C=O) groups excluding carboxylic acids is 1. The van der Waals surface area contributed by atoms with Crippen molar-refractivity contribution < 1.29 is 9.21 Å². The topological polar surface area (TPSA) is 60.1 Å². The molecular formula is C18H23N3O2. The summed E-state index contributed by atoms with van der Waals surface area (Å²) in [6.07, 6.45) is 8.63. The summed E-state index contributed by atoms with van der Waals surface area (Å²) in [5.41, 5.74) is 2.02. The Bertz CT molecular complexity index is 685. The predicted octanol–water partition coefficient (Wildman–Crippen LogP) is 3.15. The van der Waals surface area contributed by atoms with Gasteiger partial charge in [0.1, 0.15) is 11.8 Å². The summed E-state index contributed by atoms with van der Waals surface area (Å²) in [6.45, 7) is 4.47. The number of hydrogen-bond acceptors (Lipinski definition) is 3.